The average molecular weight is 274 g/mol. The molecule has 1 unspecified atom stereocenters. The molecule has 0 heterocycles. The summed E-state index contributed by atoms with van der Waals surface area (Å²) < 4.78 is 5.02. The van der Waals surface area contributed by atoms with E-state index >= 15 is 0 Å². The topological polar surface area (TPSA) is 64.3 Å². The molecule has 0 saturated heterocycles. The highest BCUT2D eigenvalue weighted by Crippen LogP contribution is 2.08. The van der Waals surface area contributed by atoms with Crippen LogP contribution >= 0.6 is 0 Å². The molecule has 0 aliphatic rings. The predicted octanol–water partition coefficient (Wildman–Crippen LogP) is 1.29. The minimum atomic E-state index is 0.0242. The van der Waals surface area contributed by atoms with Gasteiger partial charge >= 0.3 is 0 Å². The lowest BCUT2D eigenvalue weighted by atomic mass is 10.1. The maximum Gasteiger partial charge on any atom is 0.220 e. The summed E-state index contributed by atoms with van der Waals surface area (Å²) in [5.74, 6) is 6.08. The first-order chi connectivity index (χ1) is 9.67. The van der Waals surface area contributed by atoms with Crippen LogP contribution in [0.2, 0.25) is 0 Å². The Morgan fingerprint density at radius 2 is 2.20 bits per heavy atom. The molecule has 20 heavy (non-hydrogen) atoms. The second kappa shape index (κ2) is 9.13. The monoisotopic (exact) mass is 274 g/mol. The van der Waals surface area contributed by atoms with Gasteiger partial charge in [0.25, 0.3) is 0 Å². The van der Waals surface area contributed by atoms with Crippen LogP contribution in [0.4, 0.5) is 0 Å². The van der Waals surface area contributed by atoms with E-state index in [1.165, 1.54) is 0 Å². The third-order valence-corrected chi connectivity index (χ3v) is 2.80. The molecule has 108 valence electrons. The summed E-state index contributed by atoms with van der Waals surface area (Å²) in [5, 5.41) is 2.91. The van der Waals surface area contributed by atoms with E-state index in [1.807, 2.05) is 31.2 Å². The first kappa shape index (κ1) is 16.2. The Morgan fingerprint density at radius 3 is 2.90 bits per heavy atom. The highest BCUT2D eigenvalue weighted by molar-refractivity contribution is 5.76. The van der Waals surface area contributed by atoms with Gasteiger partial charge in [0.2, 0.25) is 5.91 Å². The molecule has 1 aromatic rings. The Labute approximate surface area is 120 Å². The van der Waals surface area contributed by atoms with Gasteiger partial charge in [-0.15, -0.1) is 0 Å². The van der Waals surface area contributed by atoms with Crippen molar-refractivity contribution in [3.8, 4) is 11.8 Å². The van der Waals surface area contributed by atoms with Gasteiger partial charge in [-0.3, -0.25) is 4.79 Å². The van der Waals surface area contributed by atoms with Gasteiger partial charge in [-0.25, -0.2) is 0 Å². The summed E-state index contributed by atoms with van der Waals surface area (Å²) in [5.41, 5.74) is 7.28. The third-order valence-electron chi connectivity index (χ3n) is 2.80. The fourth-order valence-electron chi connectivity index (χ4n) is 1.87. The van der Waals surface area contributed by atoms with Crippen molar-refractivity contribution in [1.82, 2.24) is 5.32 Å². The van der Waals surface area contributed by atoms with Crippen LogP contribution in [0.15, 0.2) is 24.3 Å². The molecule has 0 bridgehead atoms. The molecule has 0 spiro atoms. The third kappa shape index (κ3) is 5.87. The summed E-state index contributed by atoms with van der Waals surface area (Å²) in [6, 6.07) is 7.74. The highest BCUT2D eigenvalue weighted by atomic mass is 16.5. The van der Waals surface area contributed by atoms with Crippen molar-refractivity contribution < 1.29 is 9.53 Å². The Morgan fingerprint density at radius 1 is 1.45 bits per heavy atom. The Balaban J connectivity index is 2.55. The molecule has 1 atom stereocenters. The van der Waals surface area contributed by atoms with E-state index in [0.29, 0.717) is 26.1 Å². The Bertz CT molecular complexity index is 489. The predicted molar refractivity (Wildman–Crippen MR) is 79.9 cm³/mol. The number of benzene rings is 1. The largest absolute Gasteiger partial charge is 0.384 e. The molecule has 0 radical (unpaired) electrons. The van der Waals surface area contributed by atoms with Crippen molar-refractivity contribution in [2.45, 2.75) is 19.9 Å². The van der Waals surface area contributed by atoms with Crippen molar-refractivity contribution >= 4 is 5.91 Å². The van der Waals surface area contributed by atoms with E-state index in [2.05, 4.69) is 17.2 Å². The number of carbonyl (C=O) groups excluding carboxylic acids is 1. The first-order valence-corrected chi connectivity index (χ1v) is 6.69. The minimum Gasteiger partial charge on any atom is -0.384 e. The number of carbonyl (C=O) groups is 1. The van der Waals surface area contributed by atoms with Crippen LogP contribution < -0.4 is 11.1 Å². The highest BCUT2D eigenvalue weighted by Gasteiger charge is 2.09. The summed E-state index contributed by atoms with van der Waals surface area (Å²) >= 11 is 0. The van der Waals surface area contributed by atoms with Gasteiger partial charge in [0, 0.05) is 32.2 Å². The van der Waals surface area contributed by atoms with E-state index in [-0.39, 0.29) is 11.8 Å². The Kier molecular flexibility index (Phi) is 7.41. The van der Waals surface area contributed by atoms with Crippen molar-refractivity contribution in [3.05, 3.63) is 35.4 Å². The normalized spacial score (nSPS) is 11.3. The maximum absolute atomic E-state index is 11.8. The molecular formula is C16H22N2O2. The second-order valence-corrected chi connectivity index (χ2v) is 4.70. The standard InChI is InChI=1S/C16H22N2O2/c1-13(12-20-2)10-16(19)18-11-15-7-4-3-6-14(15)8-5-9-17/h3-4,6-7,13H,9-12,17H2,1-2H3,(H,18,19). The number of nitrogens with one attached hydrogen (secondary N) is 1. The lowest BCUT2D eigenvalue weighted by Crippen LogP contribution is -2.25. The van der Waals surface area contributed by atoms with Crippen molar-refractivity contribution in [2.75, 3.05) is 20.3 Å². The van der Waals surface area contributed by atoms with E-state index in [0.717, 1.165) is 11.1 Å². The molecule has 0 aliphatic heterocycles. The van der Waals surface area contributed by atoms with Gasteiger partial charge in [-0.1, -0.05) is 37.0 Å². The number of hydrogen-bond acceptors (Lipinski definition) is 3. The van der Waals surface area contributed by atoms with Crippen LogP contribution in [0.5, 0.6) is 0 Å². The number of ether oxygens (including phenoxy) is 1. The van der Waals surface area contributed by atoms with E-state index in [9.17, 15) is 4.79 Å². The van der Waals surface area contributed by atoms with Gasteiger partial charge in [-0.2, -0.15) is 0 Å². The van der Waals surface area contributed by atoms with Crippen molar-refractivity contribution in [2.24, 2.45) is 11.7 Å². The zero-order valence-corrected chi connectivity index (χ0v) is 12.1. The van der Waals surface area contributed by atoms with E-state index in [1.54, 1.807) is 7.11 Å². The average Bonchev–Trinajstić information content (AvgIpc) is 2.44. The molecule has 3 N–H and O–H groups in total. The van der Waals surface area contributed by atoms with Crippen LogP contribution in [0.25, 0.3) is 0 Å². The van der Waals surface area contributed by atoms with Crippen LogP contribution in [0, 0.1) is 17.8 Å². The number of hydrogen-bond donors (Lipinski definition) is 2. The summed E-state index contributed by atoms with van der Waals surface area (Å²) in [7, 11) is 1.64. The summed E-state index contributed by atoms with van der Waals surface area (Å²) in [6.07, 6.45) is 0.463. The molecule has 0 fully saturated rings. The zero-order chi connectivity index (χ0) is 14.8. The lowest BCUT2D eigenvalue weighted by molar-refractivity contribution is -0.122. The SMILES string of the molecule is COCC(C)CC(=O)NCc1ccccc1C#CCN. The van der Waals surface area contributed by atoms with Crippen LogP contribution in [-0.2, 0) is 16.1 Å². The molecule has 0 aliphatic carbocycles. The van der Waals surface area contributed by atoms with Crippen molar-refractivity contribution in [1.29, 1.82) is 0 Å². The maximum atomic E-state index is 11.8. The summed E-state index contributed by atoms with van der Waals surface area (Å²) in [4.78, 5) is 11.8. The minimum absolute atomic E-state index is 0.0242. The van der Waals surface area contributed by atoms with Gasteiger partial charge in [0.05, 0.1) is 6.54 Å². The second-order valence-electron chi connectivity index (χ2n) is 4.70. The van der Waals surface area contributed by atoms with Crippen LogP contribution in [0.3, 0.4) is 0 Å². The molecule has 1 amide bonds. The fourth-order valence-corrected chi connectivity index (χ4v) is 1.87. The zero-order valence-electron chi connectivity index (χ0n) is 12.1. The number of amides is 1. The molecule has 0 aromatic heterocycles. The lowest BCUT2D eigenvalue weighted by Gasteiger charge is -2.11. The van der Waals surface area contributed by atoms with Gasteiger partial charge < -0.3 is 15.8 Å². The molecule has 1 aromatic carbocycles. The van der Waals surface area contributed by atoms with Crippen molar-refractivity contribution in [3.63, 3.8) is 0 Å². The van der Waals surface area contributed by atoms with Gasteiger partial charge in [0.15, 0.2) is 0 Å². The number of nitrogens with two attached hydrogens (primary N) is 1. The van der Waals surface area contributed by atoms with Crippen LogP contribution in [0.1, 0.15) is 24.5 Å². The van der Waals surface area contributed by atoms with Gasteiger partial charge in [-0.05, 0) is 17.5 Å². The van der Waals surface area contributed by atoms with Gasteiger partial charge in [0.1, 0.15) is 0 Å². The van der Waals surface area contributed by atoms with E-state index in [4.69, 9.17) is 10.5 Å². The Hall–Kier alpha value is -1.83. The number of methoxy groups -OCH3 is 1. The van der Waals surface area contributed by atoms with Crippen LogP contribution in [-0.4, -0.2) is 26.2 Å². The molecular weight excluding hydrogens is 252 g/mol. The van der Waals surface area contributed by atoms with E-state index < -0.39 is 0 Å². The number of rotatable bonds is 6. The molecule has 4 heteroatoms. The summed E-state index contributed by atoms with van der Waals surface area (Å²) in [6.45, 7) is 3.39. The molecule has 0 saturated carbocycles. The quantitative estimate of drug-likeness (QED) is 0.768. The fraction of sp³-hybridized carbons (Fsp3) is 0.438. The molecule has 4 nitrogen and oxygen atoms in total. The molecule has 1 rings (SSSR count). The smallest absolute Gasteiger partial charge is 0.220 e. The first-order valence-electron chi connectivity index (χ1n) is 6.69.